The van der Waals surface area contributed by atoms with Gasteiger partial charge >= 0.3 is 0 Å². The van der Waals surface area contributed by atoms with Crippen molar-refractivity contribution in [2.24, 2.45) is 0 Å². The lowest BCUT2D eigenvalue weighted by atomic mass is 10.2. The van der Waals surface area contributed by atoms with E-state index in [0.717, 1.165) is 36.2 Å². The van der Waals surface area contributed by atoms with Crippen molar-refractivity contribution in [2.45, 2.75) is 12.5 Å². The number of hydrogen-bond acceptors (Lipinski definition) is 5. The molecule has 5 nitrogen and oxygen atoms in total. The number of pyridine rings is 1. The first-order valence-electron chi connectivity index (χ1n) is 5.45. The topological polar surface area (TPSA) is 62.7 Å². The summed E-state index contributed by atoms with van der Waals surface area (Å²) in [4.78, 5) is 12.5. The van der Waals surface area contributed by atoms with Crippen molar-refractivity contribution < 1.29 is 0 Å². The van der Waals surface area contributed by atoms with Crippen molar-refractivity contribution in [2.75, 3.05) is 18.4 Å². The molecule has 1 fully saturated rings. The third kappa shape index (κ3) is 1.69. The molecule has 0 bridgehead atoms. The second-order valence-electron chi connectivity index (χ2n) is 3.95. The first-order chi connectivity index (χ1) is 7.93. The highest BCUT2D eigenvalue weighted by Crippen LogP contribution is 2.19. The van der Waals surface area contributed by atoms with Crippen LogP contribution in [0.3, 0.4) is 0 Å². The van der Waals surface area contributed by atoms with E-state index in [2.05, 4.69) is 25.6 Å². The molecular formula is C11H13N5. The van der Waals surface area contributed by atoms with Crippen LogP contribution in [-0.2, 0) is 0 Å². The minimum atomic E-state index is 0.464. The molecule has 1 aliphatic heterocycles. The fourth-order valence-corrected chi connectivity index (χ4v) is 1.99. The van der Waals surface area contributed by atoms with Gasteiger partial charge in [-0.05, 0) is 19.0 Å². The predicted octanol–water partition coefficient (Wildman–Crippen LogP) is 0.799. The van der Waals surface area contributed by atoms with Crippen molar-refractivity contribution in [3.63, 3.8) is 0 Å². The molecule has 5 heteroatoms. The van der Waals surface area contributed by atoms with Gasteiger partial charge < -0.3 is 10.6 Å². The normalized spacial score (nSPS) is 20.1. The van der Waals surface area contributed by atoms with E-state index in [0.29, 0.717) is 6.04 Å². The van der Waals surface area contributed by atoms with Gasteiger partial charge in [-0.1, -0.05) is 0 Å². The summed E-state index contributed by atoms with van der Waals surface area (Å²) in [5.74, 6) is 0.904. The average molecular weight is 215 g/mol. The van der Waals surface area contributed by atoms with E-state index >= 15 is 0 Å². The second-order valence-corrected chi connectivity index (χ2v) is 3.95. The zero-order chi connectivity index (χ0) is 10.8. The molecular weight excluding hydrogens is 202 g/mol. The molecule has 1 saturated heterocycles. The molecule has 0 radical (unpaired) electrons. The predicted molar refractivity (Wildman–Crippen MR) is 62.2 cm³/mol. The number of nitrogens with zero attached hydrogens (tertiary/aromatic N) is 3. The first-order valence-corrected chi connectivity index (χ1v) is 5.45. The largest absolute Gasteiger partial charge is 0.365 e. The first kappa shape index (κ1) is 9.47. The van der Waals surface area contributed by atoms with E-state index in [1.165, 1.54) is 0 Å². The van der Waals surface area contributed by atoms with Gasteiger partial charge in [0.15, 0.2) is 0 Å². The van der Waals surface area contributed by atoms with Crippen molar-refractivity contribution in [1.29, 1.82) is 0 Å². The molecule has 16 heavy (non-hydrogen) atoms. The zero-order valence-corrected chi connectivity index (χ0v) is 8.85. The Kier molecular flexibility index (Phi) is 2.38. The molecule has 0 aromatic carbocycles. The number of nitrogens with one attached hydrogen (secondary N) is 2. The minimum Gasteiger partial charge on any atom is -0.365 e. The number of aromatic nitrogens is 3. The van der Waals surface area contributed by atoms with E-state index in [4.69, 9.17) is 0 Å². The van der Waals surface area contributed by atoms with Crippen LogP contribution >= 0.6 is 0 Å². The van der Waals surface area contributed by atoms with Crippen LogP contribution < -0.4 is 10.6 Å². The van der Waals surface area contributed by atoms with Gasteiger partial charge in [-0.3, -0.25) is 4.98 Å². The molecule has 0 aliphatic carbocycles. The Hall–Kier alpha value is -1.75. The van der Waals surface area contributed by atoms with E-state index in [9.17, 15) is 0 Å². The maximum atomic E-state index is 4.29. The lowest BCUT2D eigenvalue weighted by Gasteiger charge is -2.13. The number of anilines is 1. The molecule has 0 saturated carbocycles. The van der Waals surface area contributed by atoms with Crippen LogP contribution in [0, 0.1) is 0 Å². The van der Waals surface area contributed by atoms with Gasteiger partial charge in [-0.2, -0.15) is 0 Å². The summed E-state index contributed by atoms with van der Waals surface area (Å²) in [7, 11) is 0. The molecule has 0 spiro atoms. The number of rotatable bonds is 2. The Morgan fingerprint density at radius 2 is 2.38 bits per heavy atom. The van der Waals surface area contributed by atoms with Gasteiger partial charge in [-0.15, -0.1) is 0 Å². The van der Waals surface area contributed by atoms with Gasteiger partial charge in [0.05, 0.1) is 11.7 Å². The van der Waals surface area contributed by atoms with Gasteiger partial charge in [0.25, 0.3) is 0 Å². The van der Waals surface area contributed by atoms with Gasteiger partial charge in [-0.25, -0.2) is 9.97 Å². The molecule has 82 valence electrons. The van der Waals surface area contributed by atoms with Crippen molar-refractivity contribution in [3.8, 4) is 0 Å². The monoisotopic (exact) mass is 215 g/mol. The lowest BCUT2D eigenvalue weighted by molar-refractivity contribution is 0.789. The molecule has 2 N–H and O–H groups in total. The fraction of sp³-hybridized carbons (Fsp3) is 0.364. The van der Waals surface area contributed by atoms with Crippen LogP contribution in [0.4, 0.5) is 5.82 Å². The van der Waals surface area contributed by atoms with Crippen molar-refractivity contribution >= 4 is 16.7 Å². The third-order valence-corrected chi connectivity index (χ3v) is 2.84. The molecule has 1 aliphatic rings. The molecule has 2 aromatic rings. The summed E-state index contributed by atoms with van der Waals surface area (Å²) in [5.41, 5.74) is 0.881. The molecule has 3 heterocycles. The smallest absolute Gasteiger partial charge is 0.137 e. The molecule has 1 atom stereocenters. The Bertz CT molecular complexity index is 487. The molecule has 2 aromatic heterocycles. The average Bonchev–Trinajstić information content (AvgIpc) is 2.82. The minimum absolute atomic E-state index is 0.464. The summed E-state index contributed by atoms with van der Waals surface area (Å²) < 4.78 is 0. The third-order valence-electron chi connectivity index (χ3n) is 2.84. The second kappa shape index (κ2) is 4.02. The van der Waals surface area contributed by atoms with Crippen LogP contribution in [0.15, 0.2) is 24.8 Å². The van der Waals surface area contributed by atoms with Crippen molar-refractivity contribution in [1.82, 2.24) is 20.3 Å². The molecule has 3 rings (SSSR count). The number of hydrogen-bond donors (Lipinski definition) is 2. The van der Waals surface area contributed by atoms with Crippen LogP contribution in [0.25, 0.3) is 10.9 Å². The summed E-state index contributed by atoms with van der Waals surface area (Å²) in [6.07, 6.45) is 6.24. The summed E-state index contributed by atoms with van der Waals surface area (Å²) in [6.45, 7) is 2.07. The van der Waals surface area contributed by atoms with Crippen LogP contribution in [0.1, 0.15) is 6.42 Å². The Balaban J connectivity index is 1.96. The Morgan fingerprint density at radius 1 is 1.38 bits per heavy atom. The van der Waals surface area contributed by atoms with Gasteiger partial charge in [0.2, 0.25) is 0 Å². The summed E-state index contributed by atoms with van der Waals surface area (Å²) in [5, 5.41) is 7.80. The summed E-state index contributed by atoms with van der Waals surface area (Å²) in [6, 6.07) is 2.41. The van der Waals surface area contributed by atoms with Crippen LogP contribution in [-0.4, -0.2) is 34.1 Å². The van der Waals surface area contributed by atoms with E-state index < -0.39 is 0 Å². The Morgan fingerprint density at radius 3 is 3.25 bits per heavy atom. The fourth-order valence-electron chi connectivity index (χ4n) is 1.99. The quantitative estimate of drug-likeness (QED) is 0.775. The Labute approximate surface area is 93.3 Å². The summed E-state index contributed by atoms with van der Waals surface area (Å²) >= 11 is 0. The maximum Gasteiger partial charge on any atom is 0.137 e. The molecule has 0 amide bonds. The maximum absolute atomic E-state index is 4.29. The van der Waals surface area contributed by atoms with Gasteiger partial charge in [0, 0.05) is 24.2 Å². The van der Waals surface area contributed by atoms with E-state index in [-0.39, 0.29) is 0 Å². The SMILES string of the molecule is c1cc2c(N[C@@H]3CCNC3)ncnc2cn1. The van der Waals surface area contributed by atoms with E-state index in [1.807, 2.05) is 6.07 Å². The van der Waals surface area contributed by atoms with E-state index in [1.54, 1.807) is 18.7 Å². The zero-order valence-electron chi connectivity index (χ0n) is 8.85. The van der Waals surface area contributed by atoms with Gasteiger partial charge in [0.1, 0.15) is 12.1 Å². The van der Waals surface area contributed by atoms with Crippen molar-refractivity contribution in [3.05, 3.63) is 24.8 Å². The lowest BCUT2D eigenvalue weighted by Crippen LogP contribution is -2.22. The standard InChI is InChI=1S/C11H13N5/c1-3-12-5-8(1)16-11-9-2-4-13-6-10(9)14-7-15-11/h2,4,6-8,12H,1,3,5H2,(H,14,15,16)/t8-/m1/s1. The highest BCUT2D eigenvalue weighted by Gasteiger charge is 2.15. The van der Waals surface area contributed by atoms with Crippen LogP contribution in [0.2, 0.25) is 0 Å². The van der Waals surface area contributed by atoms with Crippen LogP contribution in [0.5, 0.6) is 0 Å². The number of fused-ring (bicyclic) bond motifs is 1. The highest BCUT2D eigenvalue weighted by molar-refractivity contribution is 5.88. The highest BCUT2D eigenvalue weighted by atomic mass is 15.1. The molecule has 0 unspecified atom stereocenters.